The molecule has 0 aromatic heterocycles. The highest BCUT2D eigenvalue weighted by Gasteiger charge is 2.42. The molecule has 5 heteroatoms. The van der Waals surface area contributed by atoms with E-state index in [1.807, 2.05) is 0 Å². The van der Waals surface area contributed by atoms with Gasteiger partial charge in [0, 0.05) is 17.0 Å². The fraction of sp³-hybridized carbons (Fsp3) is 0.462. The van der Waals surface area contributed by atoms with Crippen molar-refractivity contribution >= 4 is 17.5 Å². The van der Waals surface area contributed by atoms with Crippen LogP contribution in [0.5, 0.6) is 5.75 Å². The maximum absolute atomic E-state index is 12.0. The van der Waals surface area contributed by atoms with Crippen molar-refractivity contribution in [1.82, 2.24) is 5.32 Å². The van der Waals surface area contributed by atoms with Gasteiger partial charge in [0.25, 0.3) is 5.91 Å². The molecule has 1 aromatic rings. The molecule has 2 rings (SSSR count). The Balaban J connectivity index is 2.06. The zero-order chi connectivity index (χ0) is 13.2. The quantitative estimate of drug-likeness (QED) is 0.858. The molecule has 1 saturated carbocycles. The Morgan fingerprint density at radius 1 is 1.56 bits per heavy atom. The van der Waals surface area contributed by atoms with Crippen molar-refractivity contribution in [2.75, 3.05) is 20.3 Å². The summed E-state index contributed by atoms with van der Waals surface area (Å²) in [5.41, 5.74) is 0.306. The Kier molecular flexibility index (Phi) is 3.78. The molecule has 2 N–H and O–H groups in total. The van der Waals surface area contributed by atoms with E-state index in [9.17, 15) is 9.90 Å². The van der Waals surface area contributed by atoms with Gasteiger partial charge in [-0.25, -0.2) is 0 Å². The minimum Gasteiger partial charge on any atom is -0.496 e. The Labute approximate surface area is 111 Å². The summed E-state index contributed by atoms with van der Waals surface area (Å²) in [4.78, 5) is 12.0. The molecule has 1 aromatic carbocycles. The molecule has 0 spiro atoms. The van der Waals surface area contributed by atoms with Crippen molar-refractivity contribution in [3.05, 3.63) is 28.8 Å². The fourth-order valence-electron chi connectivity index (χ4n) is 1.79. The Morgan fingerprint density at radius 3 is 2.83 bits per heavy atom. The zero-order valence-corrected chi connectivity index (χ0v) is 11.0. The molecule has 98 valence electrons. The van der Waals surface area contributed by atoms with Crippen molar-refractivity contribution in [2.24, 2.45) is 5.41 Å². The number of ether oxygens (including phenoxy) is 1. The van der Waals surface area contributed by atoms with Crippen molar-refractivity contribution < 1.29 is 14.6 Å². The molecule has 1 fully saturated rings. The lowest BCUT2D eigenvalue weighted by atomic mass is 10.1. The highest BCUT2D eigenvalue weighted by Crippen LogP contribution is 2.44. The third kappa shape index (κ3) is 2.76. The lowest BCUT2D eigenvalue weighted by molar-refractivity contribution is 0.0932. The molecule has 1 aliphatic carbocycles. The molecule has 0 saturated heterocycles. The number of benzene rings is 1. The van der Waals surface area contributed by atoms with Crippen LogP contribution in [0.1, 0.15) is 23.2 Å². The average molecular weight is 270 g/mol. The lowest BCUT2D eigenvalue weighted by Crippen LogP contribution is -2.32. The topological polar surface area (TPSA) is 58.6 Å². The summed E-state index contributed by atoms with van der Waals surface area (Å²) >= 11 is 5.87. The first-order valence-electron chi connectivity index (χ1n) is 5.83. The number of carbonyl (C=O) groups is 1. The zero-order valence-electron chi connectivity index (χ0n) is 10.2. The number of amides is 1. The number of methoxy groups -OCH3 is 1. The van der Waals surface area contributed by atoms with Crippen LogP contribution in [0.15, 0.2) is 18.2 Å². The second-order valence-electron chi connectivity index (χ2n) is 4.69. The minimum absolute atomic E-state index is 0.110. The van der Waals surface area contributed by atoms with Crippen LogP contribution < -0.4 is 10.1 Å². The summed E-state index contributed by atoms with van der Waals surface area (Å²) in [6.45, 7) is 0.595. The van der Waals surface area contributed by atoms with Gasteiger partial charge in [0.1, 0.15) is 5.75 Å². The van der Waals surface area contributed by atoms with Crippen molar-refractivity contribution in [2.45, 2.75) is 12.8 Å². The summed E-state index contributed by atoms with van der Waals surface area (Å²) in [6.07, 6.45) is 1.91. The van der Waals surface area contributed by atoms with Gasteiger partial charge in [-0.3, -0.25) is 4.79 Å². The van der Waals surface area contributed by atoms with Gasteiger partial charge in [-0.05, 0) is 31.0 Å². The Morgan fingerprint density at radius 2 is 2.28 bits per heavy atom. The molecule has 0 radical (unpaired) electrons. The standard InChI is InChI=1S/C13H16ClNO3/c1-18-11-3-2-9(14)6-10(11)12(17)15-7-13(8-16)4-5-13/h2-3,6,16H,4-5,7-8H2,1H3,(H,15,17). The van der Waals surface area contributed by atoms with Crippen molar-refractivity contribution in [3.63, 3.8) is 0 Å². The van der Waals surface area contributed by atoms with E-state index in [2.05, 4.69) is 5.32 Å². The monoisotopic (exact) mass is 269 g/mol. The Hall–Kier alpha value is -1.26. The number of hydrogen-bond acceptors (Lipinski definition) is 3. The predicted octanol–water partition coefficient (Wildman–Crippen LogP) is 1.85. The van der Waals surface area contributed by atoms with Crippen LogP contribution >= 0.6 is 11.6 Å². The van der Waals surface area contributed by atoms with Crippen LogP contribution in [0.3, 0.4) is 0 Å². The van der Waals surface area contributed by atoms with Crippen molar-refractivity contribution in [3.8, 4) is 5.75 Å². The van der Waals surface area contributed by atoms with Crippen LogP contribution in [-0.2, 0) is 0 Å². The summed E-state index contributed by atoms with van der Waals surface area (Å²) in [5, 5.41) is 12.5. The molecule has 0 heterocycles. The van der Waals surface area contributed by atoms with Gasteiger partial charge >= 0.3 is 0 Å². The van der Waals surface area contributed by atoms with Gasteiger partial charge in [0.2, 0.25) is 0 Å². The third-order valence-electron chi connectivity index (χ3n) is 3.32. The largest absolute Gasteiger partial charge is 0.496 e. The van der Waals surface area contributed by atoms with Crippen LogP contribution in [0, 0.1) is 5.41 Å². The van der Waals surface area contributed by atoms with Gasteiger partial charge in [-0.15, -0.1) is 0 Å². The molecule has 4 nitrogen and oxygen atoms in total. The van der Waals surface area contributed by atoms with E-state index < -0.39 is 0 Å². The highest BCUT2D eigenvalue weighted by molar-refractivity contribution is 6.31. The van der Waals surface area contributed by atoms with E-state index in [1.54, 1.807) is 18.2 Å². The molecule has 0 atom stereocenters. The van der Waals surface area contributed by atoms with E-state index in [4.69, 9.17) is 16.3 Å². The van der Waals surface area contributed by atoms with Gasteiger partial charge in [0.15, 0.2) is 0 Å². The second kappa shape index (κ2) is 5.16. The lowest BCUT2D eigenvalue weighted by Gasteiger charge is -2.14. The van der Waals surface area contributed by atoms with Gasteiger partial charge in [0.05, 0.1) is 19.3 Å². The van der Waals surface area contributed by atoms with Crippen LogP contribution in [0.2, 0.25) is 5.02 Å². The summed E-state index contributed by atoms with van der Waals surface area (Å²) in [6, 6.07) is 4.91. The van der Waals surface area contributed by atoms with Crippen molar-refractivity contribution in [1.29, 1.82) is 0 Å². The minimum atomic E-state index is -0.228. The first-order chi connectivity index (χ1) is 8.60. The van der Waals surface area contributed by atoms with E-state index in [1.165, 1.54) is 7.11 Å². The smallest absolute Gasteiger partial charge is 0.255 e. The molecule has 1 amide bonds. The molecule has 0 bridgehead atoms. The molecule has 1 aliphatic rings. The second-order valence-corrected chi connectivity index (χ2v) is 5.12. The van der Waals surface area contributed by atoms with E-state index in [0.29, 0.717) is 22.9 Å². The predicted molar refractivity (Wildman–Crippen MR) is 69.1 cm³/mol. The highest BCUT2D eigenvalue weighted by atomic mass is 35.5. The Bertz CT molecular complexity index is 458. The van der Waals surface area contributed by atoms with E-state index >= 15 is 0 Å². The first-order valence-corrected chi connectivity index (χ1v) is 6.21. The average Bonchev–Trinajstić information content (AvgIpc) is 3.16. The number of hydrogen-bond donors (Lipinski definition) is 2. The molecular weight excluding hydrogens is 254 g/mol. The van der Waals surface area contributed by atoms with E-state index in [0.717, 1.165) is 12.8 Å². The molecule has 0 aliphatic heterocycles. The first kappa shape index (κ1) is 13.2. The van der Waals surface area contributed by atoms with Gasteiger partial charge in [-0.2, -0.15) is 0 Å². The number of halogens is 1. The van der Waals surface area contributed by atoms with Crippen LogP contribution in [0.25, 0.3) is 0 Å². The summed E-state index contributed by atoms with van der Waals surface area (Å²) in [5.74, 6) is 0.264. The summed E-state index contributed by atoms with van der Waals surface area (Å²) in [7, 11) is 1.51. The SMILES string of the molecule is COc1ccc(Cl)cc1C(=O)NCC1(CO)CC1. The molecular formula is C13H16ClNO3. The number of aliphatic hydroxyl groups is 1. The van der Waals surface area contributed by atoms with E-state index in [-0.39, 0.29) is 17.9 Å². The number of carbonyl (C=O) groups excluding carboxylic acids is 1. The number of nitrogens with one attached hydrogen (secondary N) is 1. The van der Waals surface area contributed by atoms with Gasteiger partial charge < -0.3 is 15.2 Å². The van der Waals surface area contributed by atoms with Crippen LogP contribution in [-0.4, -0.2) is 31.3 Å². The number of rotatable bonds is 5. The van der Waals surface area contributed by atoms with Gasteiger partial charge in [-0.1, -0.05) is 11.6 Å². The molecule has 0 unspecified atom stereocenters. The third-order valence-corrected chi connectivity index (χ3v) is 3.56. The molecule has 18 heavy (non-hydrogen) atoms. The normalized spacial score (nSPS) is 16.2. The van der Waals surface area contributed by atoms with Crippen LogP contribution in [0.4, 0.5) is 0 Å². The fourth-order valence-corrected chi connectivity index (χ4v) is 1.96. The maximum Gasteiger partial charge on any atom is 0.255 e. The number of aliphatic hydroxyl groups excluding tert-OH is 1. The summed E-state index contributed by atoms with van der Waals surface area (Å²) < 4.78 is 5.13. The maximum atomic E-state index is 12.0.